The first-order valence-corrected chi connectivity index (χ1v) is 11.7. The summed E-state index contributed by atoms with van der Waals surface area (Å²) in [4.78, 5) is 38.8. The van der Waals surface area contributed by atoms with E-state index in [1.165, 1.54) is 0 Å². The molecule has 3 aromatic rings. The van der Waals surface area contributed by atoms with E-state index in [-0.39, 0.29) is 11.4 Å². The molecule has 4 rings (SSSR count). The zero-order chi connectivity index (χ0) is 24.1. The van der Waals surface area contributed by atoms with Crippen LogP contribution in [0.2, 0.25) is 5.02 Å². The summed E-state index contributed by atoms with van der Waals surface area (Å²) in [6.45, 7) is 1.82. The van der Waals surface area contributed by atoms with Gasteiger partial charge in [-0.05, 0) is 60.2 Å². The standard InChI is InChI=1S/C26H21ClN2O4S/c1-17-7-2-5-12-22(17)28-24(30)15-29-25(31)23(34-26(29)32)14-18-8-6-10-20(13-18)33-16-19-9-3-4-11-21(19)27/h2-14H,15-16H2,1H3,(H,28,30)/b23-14+. The van der Waals surface area contributed by atoms with Gasteiger partial charge in [-0.25, -0.2) is 0 Å². The number of anilines is 1. The van der Waals surface area contributed by atoms with Gasteiger partial charge in [-0.2, -0.15) is 0 Å². The highest BCUT2D eigenvalue weighted by Gasteiger charge is 2.36. The molecule has 6 nitrogen and oxygen atoms in total. The second-order valence-electron chi connectivity index (χ2n) is 7.58. The summed E-state index contributed by atoms with van der Waals surface area (Å²) < 4.78 is 5.83. The molecular weight excluding hydrogens is 472 g/mol. The van der Waals surface area contributed by atoms with E-state index in [4.69, 9.17) is 16.3 Å². The van der Waals surface area contributed by atoms with Crippen molar-refractivity contribution in [1.82, 2.24) is 4.90 Å². The Bertz CT molecular complexity index is 1290. The Morgan fingerprint density at radius 2 is 1.82 bits per heavy atom. The average molecular weight is 493 g/mol. The first kappa shape index (κ1) is 23.6. The number of nitrogens with one attached hydrogen (secondary N) is 1. The molecule has 0 saturated carbocycles. The van der Waals surface area contributed by atoms with Crippen LogP contribution in [0.1, 0.15) is 16.7 Å². The number of benzene rings is 3. The van der Waals surface area contributed by atoms with Crippen LogP contribution in [0.4, 0.5) is 10.5 Å². The normalized spacial score (nSPS) is 14.5. The van der Waals surface area contributed by atoms with E-state index in [1.54, 1.807) is 48.5 Å². The number of halogens is 1. The largest absolute Gasteiger partial charge is 0.489 e. The summed E-state index contributed by atoms with van der Waals surface area (Å²) in [6.07, 6.45) is 1.62. The van der Waals surface area contributed by atoms with Crippen molar-refractivity contribution in [3.8, 4) is 5.75 Å². The van der Waals surface area contributed by atoms with Gasteiger partial charge in [-0.3, -0.25) is 19.3 Å². The SMILES string of the molecule is Cc1ccccc1NC(=O)CN1C(=O)S/C(=C/c2cccc(OCc3ccccc3Cl)c2)C1=O. The van der Waals surface area contributed by atoms with Crippen molar-refractivity contribution < 1.29 is 19.1 Å². The Kier molecular flexibility index (Phi) is 7.35. The number of ether oxygens (including phenoxy) is 1. The van der Waals surface area contributed by atoms with E-state index >= 15 is 0 Å². The summed E-state index contributed by atoms with van der Waals surface area (Å²) in [5.74, 6) is -0.337. The Morgan fingerprint density at radius 1 is 1.06 bits per heavy atom. The fourth-order valence-corrected chi connectivity index (χ4v) is 4.33. The number of thioether (sulfide) groups is 1. The zero-order valence-corrected chi connectivity index (χ0v) is 19.9. The second kappa shape index (κ2) is 10.6. The number of nitrogens with zero attached hydrogens (tertiary/aromatic N) is 1. The van der Waals surface area contributed by atoms with Crippen molar-refractivity contribution in [2.45, 2.75) is 13.5 Å². The van der Waals surface area contributed by atoms with Gasteiger partial charge in [-0.1, -0.05) is 60.1 Å². The summed E-state index contributed by atoms with van der Waals surface area (Å²) >= 11 is 6.98. The molecule has 34 heavy (non-hydrogen) atoms. The lowest BCUT2D eigenvalue weighted by Gasteiger charge is -2.13. The van der Waals surface area contributed by atoms with Crippen LogP contribution in [0.15, 0.2) is 77.7 Å². The zero-order valence-electron chi connectivity index (χ0n) is 18.3. The topological polar surface area (TPSA) is 75.7 Å². The monoisotopic (exact) mass is 492 g/mol. The first-order chi connectivity index (χ1) is 16.4. The highest BCUT2D eigenvalue weighted by molar-refractivity contribution is 8.18. The predicted molar refractivity (Wildman–Crippen MR) is 135 cm³/mol. The molecule has 172 valence electrons. The molecule has 1 fully saturated rings. The van der Waals surface area contributed by atoms with Gasteiger partial charge in [0.25, 0.3) is 11.1 Å². The van der Waals surface area contributed by atoms with E-state index in [9.17, 15) is 14.4 Å². The molecule has 0 bridgehead atoms. The molecule has 1 saturated heterocycles. The fraction of sp³-hybridized carbons (Fsp3) is 0.115. The van der Waals surface area contributed by atoms with Crippen LogP contribution in [0, 0.1) is 6.92 Å². The molecule has 0 radical (unpaired) electrons. The molecule has 0 aliphatic carbocycles. The van der Waals surface area contributed by atoms with Crippen LogP contribution in [0.25, 0.3) is 6.08 Å². The van der Waals surface area contributed by atoms with Gasteiger partial charge in [0.15, 0.2) is 0 Å². The van der Waals surface area contributed by atoms with Crippen LogP contribution < -0.4 is 10.1 Å². The number of para-hydroxylation sites is 1. The Morgan fingerprint density at radius 3 is 2.62 bits per heavy atom. The minimum absolute atomic E-state index is 0.247. The van der Waals surface area contributed by atoms with Gasteiger partial charge < -0.3 is 10.1 Å². The molecular formula is C26H21ClN2O4S. The van der Waals surface area contributed by atoms with Gasteiger partial charge >= 0.3 is 0 Å². The van der Waals surface area contributed by atoms with Crippen LogP contribution in [0.5, 0.6) is 5.75 Å². The molecule has 1 aliphatic heterocycles. The van der Waals surface area contributed by atoms with E-state index in [0.717, 1.165) is 27.8 Å². The number of amides is 3. The number of carbonyl (C=O) groups is 3. The van der Waals surface area contributed by atoms with Crippen LogP contribution in [0.3, 0.4) is 0 Å². The summed E-state index contributed by atoms with van der Waals surface area (Å²) in [7, 11) is 0. The van der Waals surface area contributed by atoms with Gasteiger partial charge in [-0.15, -0.1) is 0 Å². The molecule has 3 aromatic carbocycles. The van der Waals surface area contributed by atoms with Crippen molar-refractivity contribution in [2.75, 3.05) is 11.9 Å². The minimum atomic E-state index is -0.502. The molecule has 1 heterocycles. The van der Waals surface area contributed by atoms with E-state index < -0.39 is 17.1 Å². The maximum absolute atomic E-state index is 12.8. The molecule has 0 atom stereocenters. The summed E-state index contributed by atoms with van der Waals surface area (Å²) in [6, 6.07) is 21.9. The third-order valence-corrected chi connectivity index (χ3v) is 6.38. The van der Waals surface area contributed by atoms with Crippen molar-refractivity contribution in [1.29, 1.82) is 0 Å². The maximum Gasteiger partial charge on any atom is 0.294 e. The molecule has 0 aromatic heterocycles. The van der Waals surface area contributed by atoms with Crippen molar-refractivity contribution >= 4 is 52.2 Å². The number of hydrogen-bond donors (Lipinski definition) is 1. The maximum atomic E-state index is 12.8. The summed E-state index contributed by atoms with van der Waals surface area (Å²) in [5, 5.41) is 2.88. The highest BCUT2D eigenvalue weighted by atomic mass is 35.5. The van der Waals surface area contributed by atoms with Crippen LogP contribution in [-0.2, 0) is 16.2 Å². The number of rotatable bonds is 7. The molecule has 0 unspecified atom stereocenters. The third kappa shape index (κ3) is 5.68. The van der Waals surface area contributed by atoms with Crippen molar-refractivity contribution in [3.63, 3.8) is 0 Å². The van der Waals surface area contributed by atoms with E-state index in [1.807, 2.05) is 37.3 Å². The van der Waals surface area contributed by atoms with Gasteiger partial charge in [0, 0.05) is 16.3 Å². The third-order valence-electron chi connectivity index (χ3n) is 5.10. The fourth-order valence-electron chi connectivity index (χ4n) is 3.30. The van der Waals surface area contributed by atoms with Gasteiger partial charge in [0.2, 0.25) is 5.91 Å². The van der Waals surface area contributed by atoms with Crippen LogP contribution >= 0.6 is 23.4 Å². The summed E-state index contributed by atoms with van der Waals surface area (Å²) in [5.41, 5.74) is 3.09. The van der Waals surface area contributed by atoms with Crippen LogP contribution in [-0.4, -0.2) is 28.5 Å². The molecule has 1 N–H and O–H groups in total. The Hall–Kier alpha value is -3.55. The lowest BCUT2D eigenvalue weighted by molar-refractivity contribution is -0.127. The van der Waals surface area contributed by atoms with Crippen molar-refractivity contribution in [3.05, 3.63) is 99.4 Å². The quantitative estimate of drug-likeness (QED) is 0.415. The molecule has 0 spiro atoms. The molecule has 3 amide bonds. The van der Waals surface area contributed by atoms with E-state index in [2.05, 4.69) is 5.32 Å². The average Bonchev–Trinajstić information content (AvgIpc) is 3.07. The smallest absolute Gasteiger partial charge is 0.294 e. The van der Waals surface area contributed by atoms with Gasteiger partial charge in [0.1, 0.15) is 18.9 Å². The number of hydrogen-bond acceptors (Lipinski definition) is 5. The van der Waals surface area contributed by atoms with Gasteiger partial charge in [0.05, 0.1) is 4.91 Å². The number of carbonyl (C=O) groups excluding carboxylic acids is 3. The highest BCUT2D eigenvalue weighted by Crippen LogP contribution is 2.32. The van der Waals surface area contributed by atoms with Crippen molar-refractivity contribution in [2.24, 2.45) is 0 Å². The lowest BCUT2D eigenvalue weighted by Crippen LogP contribution is -2.36. The predicted octanol–water partition coefficient (Wildman–Crippen LogP) is 5.90. The Balaban J connectivity index is 1.41. The molecule has 1 aliphatic rings. The molecule has 8 heteroatoms. The number of aryl methyl sites for hydroxylation is 1. The lowest BCUT2D eigenvalue weighted by atomic mass is 10.2. The van der Waals surface area contributed by atoms with E-state index in [0.29, 0.717) is 28.6 Å². The number of imide groups is 1. The minimum Gasteiger partial charge on any atom is -0.489 e. The Labute approximate surface area is 206 Å². The second-order valence-corrected chi connectivity index (χ2v) is 8.98. The first-order valence-electron chi connectivity index (χ1n) is 10.5.